The summed E-state index contributed by atoms with van der Waals surface area (Å²) in [6, 6.07) is 0. The van der Waals surface area contributed by atoms with Gasteiger partial charge in [0.2, 0.25) is 5.03 Å². The van der Waals surface area contributed by atoms with Crippen LogP contribution in [0.4, 0.5) is 0 Å². The minimum absolute atomic E-state index is 0.0592. The van der Waals surface area contributed by atoms with E-state index in [1.807, 2.05) is 0 Å². The number of nitrogens with one attached hydrogen (secondary N) is 1. The van der Waals surface area contributed by atoms with E-state index < -0.39 is 10.0 Å². The van der Waals surface area contributed by atoms with Crippen molar-refractivity contribution in [3.63, 3.8) is 0 Å². The molecular weight excluding hydrogens is 322 g/mol. The van der Waals surface area contributed by atoms with Crippen LogP contribution in [-0.2, 0) is 17.1 Å². The van der Waals surface area contributed by atoms with Crippen LogP contribution in [0.1, 0.15) is 12.8 Å². The van der Waals surface area contributed by atoms with Crippen molar-refractivity contribution < 1.29 is 8.42 Å². The molecule has 9 heteroatoms. The Morgan fingerprint density at radius 2 is 2.06 bits per heavy atom. The van der Waals surface area contributed by atoms with E-state index >= 15 is 0 Å². The third-order valence-corrected chi connectivity index (χ3v) is 5.26. The number of hydrogen-bond acceptors (Lipinski definition) is 5. The SMILES string of the molecule is Cn1nnc(Br)c1S(=O)(=O)NCCN1CCCC1. The van der Waals surface area contributed by atoms with Crippen LogP contribution in [-0.4, -0.2) is 54.5 Å². The first-order valence-corrected chi connectivity index (χ1v) is 8.05. The van der Waals surface area contributed by atoms with Crippen molar-refractivity contribution in [2.45, 2.75) is 17.9 Å². The zero-order valence-corrected chi connectivity index (χ0v) is 12.5. The van der Waals surface area contributed by atoms with Crippen molar-refractivity contribution in [2.75, 3.05) is 26.2 Å². The van der Waals surface area contributed by atoms with Gasteiger partial charge in [-0.15, -0.1) is 5.10 Å². The van der Waals surface area contributed by atoms with Crippen LogP contribution in [0.25, 0.3) is 0 Å². The molecule has 0 aromatic carbocycles. The molecule has 1 aromatic rings. The van der Waals surface area contributed by atoms with Gasteiger partial charge in [-0.2, -0.15) is 0 Å². The zero-order chi connectivity index (χ0) is 13.2. The molecule has 7 nitrogen and oxygen atoms in total. The molecule has 2 heterocycles. The van der Waals surface area contributed by atoms with Gasteiger partial charge in [-0.1, -0.05) is 5.21 Å². The van der Waals surface area contributed by atoms with Crippen molar-refractivity contribution in [3.8, 4) is 0 Å². The van der Waals surface area contributed by atoms with E-state index in [1.54, 1.807) is 7.05 Å². The number of nitrogens with zero attached hydrogens (tertiary/aromatic N) is 4. The maximum atomic E-state index is 12.0. The Kier molecular flexibility index (Phi) is 4.36. The molecule has 0 saturated carbocycles. The second-order valence-electron chi connectivity index (χ2n) is 4.26. The number of sulfonamides is 1. The molecule has 18 heavy (non-hydrogen) atoms. The average Bonchev–Trinajstić information content (AvgIpc) is 2.89. The fraction of sp³-hybridized carbons (Fsp3) is 0.778. The summed E-state index contributed by atoms with van der Waals surface area (Å²) in [6.07, 6.45) is 2.40. The van der Waals surface area contributed by atoms with Gasteiger partial charge in [0.25, 0.3) is 10.0 Å². The Hall–Kier alpha value is -0.510. The molecule has 1 aliphatic heterocycles. The smallest absolute Gasteiger partial charge is 0.260 e. The summed E-state index contributed by atoms with van der Waals surface area (Å²) in [7, 11) is -2.01. The molecule has 1 aromatic heterocycles. The van der Waals surface area contributed by atoms with Gasteiger partial charge in [0, 0.05) is 20.1 Å². The minimum Gasteiger partial charge on any atom is -0.302 e. The topological polar surface area (TPSA) is 80.1 Å². The van der Waals surface area contributed by atoms with Crippen LogP contribution in [0.3, 0.4) is 0 Å². The van der Waals surface area contributed by atoms with Crippen LogP contribution in [0, 0.1) is 0 Å². The van der Waals surface area contributed by atoms with Gasteiger partial charge in [-0.05, 0) is 41.9 Å². The number of hydrogen-bond donors (Lipinski definition) is 1. The molecule has 1 saturated heterocycles. The monoisotopic (exact) mass is 337 g/mol. The maximum Gasteiger partial charge on any atom is 0.260 e. The Labute approximate surface area is 115 Å². The molecule has 1 fully saturated rings. The summed E-state index contributed by atoms with van der Waals surface area (Å²) in [6.45, 7) is 3.25. The van der Waals surface area contributed by atoms with Crippen molar-refractivity contribution in [1.29, 1.82) is 0 Å². The molecule has 102 valence electrons. The highest BCUT2D eigenvalue weighted by atomic mass is 79.9. The molecule has 0 radical (unpaired) electrons. The van der Waals surface area contributed by atoms with Crippen LogP contribution < -0.4 is 4.72 Å². The molecule has 0 amide bonds. The van der Waals surface area contributed by atoms with Gasteiger partial charge in [-0.25, -0.2) is 17.8 Å². The van der Waals surface area contributed by atoms with Crippen molar-refractivity contribution in [2.24, 2.45) is 7.05 Å². The molecule has 0 aliphatic carbocycles. The van der Waals surface area contributed by atoms with Crippen molar-refractivity contribution >= 4 is 26.0 Å². The van der Waals surface area contributed by atoms with Crippen LogP contribution in [0.5, 0.6) is 0 Å². The minimum atomic E-state index is -3.56. The van der Waals surface area contributed by atoms with E-state index in [4.69, 9.17) is 0 Å². The fourth-order valence-corrected chi connectivity index (χ4v) is 4.13. The Morgan fingerprint density at radius 1 is 1.39 bits per heavy atom. The Balaban J connectivity index is 1.95. The standard InChI is InChI=1S/C9H16BrN5O2S/c1-14-9(8(10)12-13-14)18(16,17)11-4-7-15-5-2-3-6-15/h11H,2-7H2,1H3. The van der Waals surface area contributed by atoms with E-state index in [1.165, 1.54) is 17.5 Å². The van der Waals surface area contributed by atoms with E-state index in [-0.39, 0.29) is 9.63 Å². The highest BCUT2D eigenvalue weighted by Gasteiger charge is 2.23. The summed E-state index contributed by atoms with van der Waals surface area (Å²) in [4.78, 5) is 2.25. The van der Waals surface area contributed by atoms with E-state index in [0.29, 0.717) is 6.54 Å². The summed E-state index contributed by atoms with van der Waals surface area (Å²) in [5, 5.41) is 7.39. The van der Waals surface area contributed by atoms with E-state index in [0.717, 1.165) is 19.6 Å². The van der Waals surface area contributed by atoms with Crippen LogP contribution in [0.15, 0.2) is 9.63 Å². The Bertz CT molecular complexity index is 490. The van der Waals surface area contributed by atoms with Crippen LogP contribution >= 0.6 is 15.9 Å². The molecular formula is C9H16BrN5O2S. The number of aryl methyl sites for hydroxylation is 1. The molecule has 2 rings (SSSR count). The lowest BCUT2D eigenvalue weighted by Gasteiger charge is -2.14. The van der Waals surface area contributed by atoms with E-state index in [9.17, 15) is 8.42 Å². The van der Waals surface area contributed by atoms with Gasteiger partial charge >= 0.3 is 0 Å². The second-order valence-corrected chi connectivity index (χ2v) is 6.69. The maximum absolute atomic E-state index is 12.0. The molecule has 0 unspecified atom stereocenters. The Morgan fingerprint density at radius 3 is 2.61 bits per heavy atom. The zero-order valence-electron chi connectivity index (χ0n) is 10.1. The summed E-state index contributed by atoms with van der Waals surface area (Å²) >= 11 is 3.09. The quantitative estimate of drug-likeness (QED) is 0.814. The van der Waals surface area contributed by atoms with Gasteiger partial charge in [-0.3, -0.25) is 0 Å². The molecule has 0 spiro atoms. The lowest BCUT2D eigenvalue weighted by Crippen LogP contribution is -2.34. The van der Waals surface area contributed by atoms with Crippen molar-refractivity contribution in [3.05, 3.63) is 4.60 Å². The molecule has 1 aliphatic rings. The highest BCUT2D eigenvalue weighted by Crippen LogP contribution is 2.17. The van der Waals surface area contributed by atoms with Gasteiger partial charge in [0.1, 0.15) is 0 Å². The van der Waals surface area contributed by atoms with Gasteiger partial charge in [0.05, 0.1) is 0 Å². The lowest BCUT2D eigenvalue weighted by molar-refractivity contribution is 0.344. The fourth-order valence-electron chi connectivity index (χ4n) is 2.02. The predicted molar refractivity (Wildman–Crippen MR) is 69.6 cm³/mol. The summed E-state index contributed by atoms with van der Waals surface area (Å²) in [5.41, 5.74) is 0. The first kappa shape index (κ1) is 13.9. The third kappa shape index (κ3) is 3.08. The number of halogens is 1. The van der Waals surface area contributed by atoms with Crippen molar-refractivity contribution in [1.82, 2.24) is 24.6 Å². The lowest BCUT2D eigenvalue weighted by atomic mass is 10.4. The summed E-state index contributed by atoms with van der Waals surface area (Å²) < 4.78 is 28.1. The molecule has 1 N–H and O–H groups in total. The highest BCUT2D eigenvalue weighted by molar-refractivity contribution is 9.10. The second kappa shape index (κ2) is 5.64. The van der Waals surface area contributed by atoms with Gasteiger partial charge in [0.15, 0.2) is 4.60 Å². The average molecular weight is 338 g/mol. The first-order valence-electron chi connectivity index (χ1n) is 5.78. The molecule has 0 bridgehead atoms. The number of aromatic nitrogens is 3. The number of likely N-dealkylation sites (tertiary alicyclic amines) is 1. The summed E-state index contributed by atoms with van der Waals surface area (Å²) in [5.74, 6) is 0. The van der Waals surface area contributed by atoms with Gasteiger partial charge < -0.3 is 4.90 Å². The first-order chi connectivity index (χ1) is 8.50. The molecule has 0 atom stereocenters. The largest absolute Gasteiger partial charge is 0.302 e. The predicted octanol–water partition coefficient (Wildman–Crippen LogP) is -0.0483. The van der Waals surface area contributed by atoms with Crippen LogP contribution in [0.2, 0.25) is 0 Å². The third-order valence-electron chi connectivity index (χ3n) is 2.91. The van der Waals surface area contributed by atoms with E-state index in [2.05, 4.69) is 35.9 Å². The number of rotatable bonds is 5. The normalized spacial score (nSPS) is 17.4.